The molecule has 3 aliphatic heterocycles. The Hall–Kier alpha value is -2.08. The Balaban J connectivity index is 1.48. The van der Waals surface area contributed by atoms with Gasteiger partial charge in [-0.1, -0.05) is 12.1 Å². The summed E-state index contributed by atoms with van der Waals surface area (Å²) in [4.78, 5) is 17.5. The van der Waals surface area contributed by atoms with Gasteiger partial charge in [0.05, 0.1) is 24.7 Å². The van der Waals surface area contributed by atoms with Gasteiger partial charge in [-0.25, -0.2) is 0 Å². The lowest BCUT2D eigenvalue weighted by Gasteiger charge is -2.36. The third-order valence-corrected chi connectivity index (χ3v) is 5.97. The van der Waals surface area contributed by atoms with Crippen molar-refractivity contribution in [3.8, 4) is 0 Å². The van der Waals surface area contributed by atoms with E-state index < -0.39 is 0 Å². The van der Waals surface area contributed by atoms with E-state index in [-0.39, 0.29) is 17.9 Å². The summed E-state index contributed by atoms with van der Waals surface area (Å²) in [7, 11) is 0. The first kappa shape index (κ1) is 18.3. The molecule has 0 aliphatic carbocycles. The van der Waals surface area contributed by atoms with Crippen molar-refractivity contribution in [1.82, 2.24) is 15.0 Å². The molecule has 3 aliphatic rings. The number of amides is 1. The van der Waals surface area contributed by atoms with E-state index in [1.54, 1.807) is 0 Å². The molecule has 1 amide bonds. The van der Waals surface area contributed by atoms with Crippen LogP contribution in [-0.2, 0) is 24.3 Å². The largest absolute Gasteiger partial charge is 0.465 e. The van der Waals surface area contributed by atoms with Crippen LogP contribution in [-0.4, -0.2) is 40.0 Å². The molecule has 27 heavy (non-hydrogen) atoms. The SMILES string of the molecule is CCCc1ccc(CN2C[C@@H]3CC[C@H](C2)N(Cc2c(C)noc2C)C3=O)o1. The topological polar surface area (TPSA) is 62.7 Å². The summed E-state index contributed by atoms with van der Waals surface area (Å²) >= 11 is 0. The molecule has 2 atom stereocenters. The van der Waals surface area contributed by atoms with Crippen molar-refractivity contribution in [3.63, 3.8) is 0 Å². The number of hydrogen-bond acceptors (Lipinski definition) is 5. The van der Waals surface area contributed by atoms with Crippen molar-refractivity contribution in [2.24, 2.45) is 5.92 Å². The van der Waals surface area contributed by atoms with Gasteiger partial charge in [0, 0.05) is 31.1 Å². The molecule has 0 saturated carbocycles. The zero-order valence-corrected chi connectivity index (χ0v) is 16.5. The van der Waals surface area contributed by atoms with E-state index in [0.717, 1.165) is 73.9 Å². The monoisotopic (exact) mass is 371 g/mol. The van der Waals surface area contributed by atoms with Crippen LogP contribution in [0.2, 0.25) is 0 Å². The molecule has 6 nitrogen and oxygen atoms in total. The molecule has 0 spiro atoms. The normalized spacial score (nSPS) is 23.2. The highest BCUT2D eigenvalue weighted by Gasteiger charge is 2.41. The quantitative estimate of drug-likeness (QED) is 0.778. The van der Waals surface area contributed by atoms with Crippen molar-refractivity contribution in [3.05, 3.63) is 40.7 Å². The van der Waals surface area contributed by atoms with Gasteiger partial charge in [0.2, 0.25) is 5.91 Å². The summed E-state index contributed by atoms with van der Waals surface area (Å²) in [5, 5.41) is 4.04. The fraction of sp³-hybridized carbons (Fsp3) is 0.619. The highest BCUT2D eigenvalue weighted by Crippen LogP contribution is 2.32. The van der Waals surface area contributed by atoms with Gasteiger partial charge in [0.15, 0.2) is 0 Å². The number of nitrogens with zero attached hydrogens (tertiary/aromatic N) is 3. The van der Waals surface area contributed by atoms with Crippen molar-refractivity contribution in [2.45, 2.75) is 65.6 Å². The zero-order valence-electron chi connectivity index (χ0n) is 16.5. The number of aryl methyl sites for hydroxylation is 3. The fourth-order valence-electron chi connectivity index (χ4n) is 4.47. The maximum atomic E-state index is 13.1. The van der Waals surface area contributed by atoms with E-state index in [4.69, 9.17) is 8.94 Å². The van der Waals surface area contributed by atoms with Crippen molar-refractivity contribution < 1.29 is 13.7 Å². The Kier molecular flexibility index (Phi) is 5.08. The molecule has 0 unspecified atom stereocenters. The van der Waals surface area contributed by atoms with Gasteiger partial charge < -0.3 is 13.8 Å². The summed E-state index contributed by atoms with van der Waals surface area (Å²) in [5.74, 6) is 3.23. The predicted molar refractivity (Wildman–Crippen MR) is 101 cm³/mol. The van der Waals surface area contributed by atoms with Gasteiger partial charge in [-0.2, -0.15) is 0 Å². The molecular formula is C21H29N3O3. The van der Waals surface area contributed by atoms with Crippen molar-refractivity contribution >= 4 is 5.91 Å². The minimum atomic E-state index is 0.0781. The first-order valence-electron chi connectivity index (χ1n) is 10.1. The Morgan fingerprint density at radius 1 is 1.15 bits per heavy atom. The number of fused-ring (bicyclic) bond motifs is 4. The Morgan fingerprint density at radius 2 is 1.96 bits per heavy atom. The Morgan fingerprint density at radius 3 is 2.70 bits per heavy atom. The van der Waals surface area contributed by atoms with E-state index in [2.05, 4.69) is 34.0 Å². The molecule has 2 aromatic rings. The van der Waals surface area contributed by atoms with Crippen LogP contribution in [0.4, 0.5) is 0 Å². The van der Waals surface area contributed by atoms with Crippen LogP contribution in [0.25, 0.3) is 0 Å². The van der Waals surface area contributed by atoms with Gasteiger partial charge >= 0.3 is 0 Å². The first-order valence-corrected chi connectivity index (χ1v) is 10.1. The van der Waals surface area contributed by atoms with Crippen molar-refractivity contribution in [1.29, 1.82) is 0 Å². The van der Waals surface area contributed by atoms with Crippen LogP contribution in [0.5, 0.6) is 0 Å². The molecule has 5 heterocycles. The highest BCUT2D eigenvalue weighted by atomic mass is 16.5. The molecule has 0 aromatic carbocycles. The van der Waals surface area contributed by atoms with Crippen LogP contribution in [0.1, 0.15) is 54.7 Å². The maximum Gasteiger partial charge on any atom is 0.227 e. The second-order valence-electron chi connectivity index (χ2n) is 8.01. The van der Waals surface area contributed by atoms with Gasteiger partial charge in [-0.05, 0) is 45.2 Å². The maximum absolute atomic E-state index is 13.1. The molecule has 3 fully saturated rings. The van der Waals surface area contributed by atoms with Gasteiger partial charge in [-0.15, -0.1) is 0 Å². The van der Waals surface area contributed by atoms with Crippen LogP contribution in [0, 0.1) is 19.8 Å². The lowest BCUT2D eigenvalue weighted by molar-refractivity contribution is -0.140. The van der Waals surface area contributed by atoms with E-state index >= 15 is 0 Å². The number of carbonyl (C=O) groups is 1. The lowest BCUT2D eigenvalue weighted by Crippen LogP contribution is -2.47. The standard InChI is InChI=1S/C21H29N3O3/c1-4-5-18-8-9-19(26-18)12-23-10-16-6-7-17(11-23)24(21(16)25)13-20-14(2)22-27-15(20)3/h8-9,16-17H,4-7,10-13H2,1-3H3/t16-,17+/m0/s1. The second kappa shape index (κ2) is 7.50. The molecule has 2 aromatic heterocycles. The zero-order chi connectivity index (χ0) is 19.0. The molecule has 2 bridgehead atoms. The smallest absolute Gasteiger partial charge is 0.227 e. The summed E-state index contributed by atoms with van der Waals surface area (Å²) in [5.41, 5.74) is 1.94. The van der Waals surface area contributed by atoms with Crippen LogP contribution in [0.15, 0.2) is 21.1 Å². The van der Waals surface area contributed by atoms with Crippen molar-refractivity contribution in [2.75, 3.05) is 13.1 Å². The number of aromatic nitrogens is 1. The molecular weight excluding hydrogens is 342 g/mol. The summed E-state index contributed by atoms with van der Waals surface area (Å²) in [6.07, 6.45) is 4.12. The summed E-state index contributed by atoms with van der Waals surface area (Å²) < 4.78 is 11.3. The molecule has 0 radical (unpaired) electrons. The number of furan rings is 1. The molecule has 5 rings (SSSR count). The van der Waals surface area contributed by atoms with Gasteiger partial charge in [0.1, 0.15) is 17.3 Å². The molecule has 0 N–H and O–H groups in total. The molecule has 6 heteroatoms. The first-order chi connectivity index (χ1) is 13.0. The predicted octanol–water partition coefficient (Wildman–Crippen LogP) is 3.46. The number of carbonyl (C=O) groups excluding carboxylic acids is 1. The summed E-state index contributed by atoms with van der Waals surface area (Å²) in [6, 6.07) is 4.41. The van der Waals surface area contributed by atoms with E-state index in [1.165, 1.54) is 0 Å². The Labute approximate surface area is 160 Å². The second-order valence-corrected chi connectivity index (χ2v) is 8.01. The summed E-state index contributed by atoms with van der Waals surface area (Å²) in [6.45, 7) is 9.14. The van der Waals surface area contributed by atoms with E-state index in [1.807, 2.05) is 13.8 Å². The minimum Gasteiger partial charge on any atom is -0.465 e. The third-order valence-electron chi connectivity index (χ3n) is 5.97. The molecule has 3 saturated heterocycles. The van der Waals surface area contributed by atoms with Gasteiger partial charge in [0.25, 0.3) is 0 Å². The van der Waals surface area contributed by atoms with E-state index in [9.17, 15) is 4.79 Å². The third kappa shape index (κ3) is 3.68. The minimum absolute atomic E-state index is 0.0781. The number of hydrogen-bond donors (Lipinski definition) is 0. The average molecular weight is 371 g/mol. The van der Waals surface area contributed by atoms with Crippen LogP contribution >= 0.6 is 0 Å². The van der Waals surface area contributed by atoms with E-state index in [0.29, 0.717) is 6.54 Å². The molecule has 146 valence electrons. The Bertz CT molecular complexity index is 790. The lowest BCUT2D eigenvalue weighted by atomic mass is 9.93. The average Bonchev–Trinajstić information content (AvgIpc) is 3.09. The van der Waals surface area contributed by atoms with Crippen LogP contribution < -0.4 is 0 Å². The fourth-order valence-corrected chi connectivity index (χ4v) is 4.47. The van der Waals surface area contributed by atoms with Gasteiger partial charge in [-0.3, -0.25) is 9.69 Å². The number of piperidine rings is 1. The number of rotatable bonds is 6. The highest BCUT2D eigenvalue weighted by molar-refractivity contribution is 5.80. The van der Waals surface area contributed by atoms with Crippen LogP contribution in [0.3, 0.4) is 0 Å².